The van der Waals surface area contributed by atoms with Crippen LogP contribution in [0.1, 0.15) is 46.2 Å². The van der Waals surface area contributed by atoms with Crippen molar-refractivity contribution in [2.45, 2.75) is 32.6 Å². The zero-order valence-corrected chi connectivity index (χ0v) is 15.0. The summed E-state index contributed by atoms with van der Waals surface area (Å²) in [6, 6.07) is 7.77. The third kappa shape index (κ3) is 2.79. The van der Waals surface area contributed by atoms with Crippen LogP contribution in [0, 0.1) is 13.8 Å². The molecule has 0 saturated carbocycles. The van der Waals surface area contributed by atoms with Crippen LogP contribution in [-0.2, 0) is 0 Å². The van der Waals surface area contributed by atoms with Gasteiger partial charge in [-0.1, -0.05) is 6.07 Å². The second-order valence-corrected chi connectivity index (χ2v) is 6.87. The van der Waals surface area contributed by atoms with Gasteiger partial charge in [0.1, 0.15) is 11.6 Å². The first kappa shape index (κ1) is 16.5. The van der Waals surface area contributed by atoms with E-state index in [1.807, 2.05) is 44.3 Å². The van der Waals surface area contributed by atoms with E-state index >= 15 is 0 Å². The average molecular weight is 350 g/mol. The molecule has 0 atom stereocenters. The molecular formula is C19H22N6O. The number of hydrogen-bond acceptors (Lipinski definition) is 5. The van der Waals surface area contributed by atoms with E-state index in [1.165, 1.54) is 0 Å². The van der Waals surface area contributed by atoms with Crippen molar-refractivity contribution in [3.05, 3.63) is 53.1 Å². The topological polar surface area (TPSA) is 89.4 Å². The number of carbonyl (C=O) groups is 1. The second kappa shape index (κ2) is 6.40. The molecule has 1 aliphatic heterocycles. The van der Waals surface area contributed by atoms with Crippen molar-refractivity contribution >= 4 is 17.4 Å². The largest absolute Gasteiger partial charge is 0.365 e. The van der Waals surface area contributed by atoms with Crippen LogP contribution in [0.3, 0.4) is 0 Å². The summed E-state index contributed by atoms with van der Waals surface area (Å²) in [4.78, 5) is 18.7. The molecule has 26 heavy (non-hydrogen) atoms. The maximum Gasteiger partial charge on any atom is 0.252 e. The molecule has 1 saturated heterocycles. The van der Waals surface area contributed by atoms with Gasteiger partial charge in [-0.15, -0.1) is 10.2 Å². The summed E-state index contributed by atoms with van der Waals surface area (Å²) in [6.07, 6.45) is 3.87. The van der Waals surface area contributed by atoms with E-state index in [2.05, 4.69) is 24.5 Å². The lowest BCUT2D eigenvalue weighted by atomic mass is 9.95. The quantitative estimate of drug-likeness (QED) is 0.782. The van der Waals surface area contributed by atoms with Gasteiger partial charge >= 0.3 is 0 Å². The molecule has 1 amide bonds. The van der Waals surface area contributed by atoms with Crippen molar-refractivity contribution in [2.75, 3.05) is 18.0 Å². The number of piperidine rings is 1. The fraction of sp³-hybridized carbons (Fsp3) is 0.368. The molecule has 4 rings (SSSR count). The maximum absolute atomic E-state index is 11.9. The van der Waals surface area contributed by atoms with Gasteiger partial charge in [-0.2, -0.15) is 0 Å². The van der Waals surface area contributed by atoms with Crippen molar-refractivity contribution in [2.24, 2.45) is 5.73 Å². The highest BCUT2D eigenvalue weighted by Gasteiger charge is 2.27. The second-order valence-electron chi connectivity index (χ2n) is 6.87. The number of aryl methyl sites for hydroxylation is 2. The van der Waals surface area contributed by atoms with Crippen molar-refractivity contribution in [3.63, 3.8) is 0 Å². The van der Waals surface area contributed by atoms with Gasteiger partial charge in [0.2, 0.25) is 0 Å². The highest BCUT2D eigenvalue weighted by Crippen LogP contribution is 2.31. The highest BCUT2D eigenvalue weighted by atomic mass is 16.1. The number of rotatable bonds is 3. The van der Waals surface area contributed by atoms with Gasteiger partial charge in [0.05, 0.1) is 5.56 Å². The Balaban J connectivity index is 1.57. The zero-order chi connectivity index (χ0) is 18.3. The predicted octanol–water partition coefficient (Wildman–Crippen LogP) is 2.22. The minimum atomic E-state index is -0.429. The van der Waals surface area contributed by atoms with Crippen LogP contribution >= 0.6 is 0 Å². The van der Waals surface area contributed by atoms with Crippen molar-refractivity contribution in [1.82, 2.24) is 19.6 Å². The summed E-state index contributed by atoms with van der Waals surface area (Å²) in [5.41, 5.74) is 8.86. The summed E-state index contributed by atoms with van der Waals surface area (Å²) in [5, 5.41) is 8.65. The molecule has 2 N–H and O–H groups in total. The number of anilines is 1. The van der Waals surface area contributed by atoms with Crippen molar-refractivity contribution in [1.29, 1.82) is 0 Å². The number of amides is 1. The SMILES string of the molecule is Cc1cc(C(N)=O)c(N2CCC(c3nnc4ccccn34)CC2)nc1C. The molecule has 0 bridgehead atoms. The molecule has 0 radical (unpaired) electrons. The summed E-state index contributed by atoms with van der Waals surface area (Å²) in [5.74, 6) is 1.61. The van der Waals surface area contributed by atoms with Crippen LogP contribution < -0.4 is 10.6 Å². The summed E-state index contributed by atoms with van der Waals surface area (Å²) in [6.45, 7) is 5.52. The molecular weight excluding hydrogens is 328 g/mol. The number of aromatic nitrogens is 4. The molecule has 1 aliphatic rings. The first-order valence-corrected chi connectivity index (χ1v) is 8.87. The standard InChI is InChI=1S/C19H22N6O/c1-12-11-15(17(20)26)19(21-13(12)2)24-9-6-14(7-10-24)18-23-22-16-5-3-4-8-25(16)18/h3-5,8,11,14H,6-7,9-10H2,1-2H3,(H2,20,26). The van der Waals surface area contributed by atoms with Crippen molar-refractivity contribution in [3.8, 4) is 0 Å². The van der Waals surface area contributed by atoms with Gasteiger partial charge in [-0.05, 0) is 50.5 Å². The monoisotopic (exact) mass is 350 g/mol. The Morgan fingerprint density at radius 2 is 1.96 bits per heavy atom. The highest BCUT2D eigenvalue weighted by molar-refractivity contribution is 5.98. The summed E-state index contributed by atoms with van der Waals surface area (Å²) >= 11 is 0. The molecule has 0 aromatic carbocycles. The van der Waals surface area contributed by atoms with Gasteiger partial charge in [0.15, 0.2) is 5.65 Å². The molecule has 0 aliphatic carbocycles. The fourth-order valence-corrected chi connectivity index (χ4v) is 3.60. The molecule has 3 aromatic rings. The Hall–Kier alpha value is -2.96. The van der Waals surface area contributed by atoms with Crippen LogP contribution in [0.4, 0.5) is 5.82 Å². The summed E-state index contributed by atoms with van der Waals surface area (Å²) in [7, 11) is 0. The number of primary amides is 1. The average Bonchev–Trinajstić information content (AvgIpc) is 3.08. The van der Waals surface area contributed by atoms with Gasteiger partial charge in [0.25, 0.3) is 5.91 Å². The Bertz CT molecular complexity index is 971. The molecule has 7 nitrogen and oxygen atoms in total. The van der Waals surface area contributed by atoms with Crippen molar-refractivity contribution < 1.29 is 4.79 Å². The maximum atomic E-state index is 11.9. The van der Waals surface area contributed by atoms with E-state index in [0.29, 0.717) is 17.3 Å². The fourth-order valence-electron chi connectivity index (χ4n) is 3.60. The molecule has 3 aromatic heterocycles. The Kier molecular flexibility index (Phi) is 4.06. The van der Waals surface area contributed by atoms with Crippen LogP contribution in [-0.4, -0.2) is 38.6 Å². The Morgan fingerprint density at radius 1 is 1.19 bits per heavy atom. The van der Waals surface area contributed by atoms with E-state index < -0.39 is 5.91 Å². The summed E-state index contributed by atoms with van der Waals surface area (Å²) < 4.78 is 2.06. The van der Waals surface area contributed by atoms with Crippen LogP contribution in [0.25, 0.3) is 5.65 Å². The van der Waals surface area contributed by atoms with Gasteiger partial charge in [-0.25, -0.2) is 4.98 Å². The molecule has 0 spiro atoms. The van der Waals surface area contributed by atoms with E-state index in [9.17, 15) is 4.79 Å². The third-order valence-corrected chi connectivity index (χ3v) is 5.21. The molecule has 4 heterocycles. The van der Waals surface area contributed by atoms with Crippen LogP contribution in [0.5, 0.6) is 0 Å². The number of fused-ring (bicyclic) bond motifs is 1. The normalized spacial score (nSPS) is 15.5. The molecule has 134 valence electrons. The van der Waals surface area contributed by atoms with Gasteiger partial charge in [-0.3, -0.25) is 9.20 Å². The van der Waals surface area contributed by atoms with E-state index in [4.69, 9.17) is 5.73 Å². The number of nitrogens with zero attached hydrogens (tertiary/aromatic N) is 5. The number of pyridine rings is 2. The zero-order valence-electron chi connectivity index (χ0n) is 15.0. The first-order valence-electron chi connectivity index (χ1n) is 8.87. The van der Waals surface area contributed by atoms with Crippen LogP contribution in [0.15, 0.2) is 30.5 Å². The lowest BCUT2D eigenvalue weighted by Gasteiger charge is -2.33. The number of carbonyl (C=O) groups excluding carboxylic acids is 1. The van der Waals surface area contributed by atoms with Gasteiger partial charge < -0.3 is 10.6 Å². The Morgan fingerprint density at radius 3 is 2.69 bits per heavy atom. The van der Waals surface area contributed by atoms with Crippen LogP contribution in [0.2, 0.25) is 0 Å². The minimum absolute atomic E-state index is 0.340. The third-order valence-electron chi connectivity index (χ3n) is 5.21. The molecule has 0 unspecified atom stereocenters. The first-order chi connectivity index (χ1) is 12.5. The molecule has 1 fully saturated rings. The lowest BCUT2D eigenvalue weighted by molar-refractivity contribution is 0.1000. The smallest absolute Gasteiger partial charge is 0.252 e. The van der Waals surface area contributed by atoms with E-state index in [1.54, 1.807) is 0 Å². The Labute approximate surface area is 151 Å². The van der Waals surface area contributed by atoms with E-state index in [-0.39, 0.29) is 0 Å². The van der Waals surface area contributed by atoms with E-state index in [0.717, 1.165) is 48.7 Å². The predicted molar refractivity (Wildman–Crippen MR) is 99.4 cm³/mol. The number of nitrogens with two attached hydrogens (primary N) is 1. The van der Waals surface area contributed by atoms with Gasteiger partial charge in [0, 0.05) is 30.9 Å². The molecule has 7 heteroatoms. The minimum Gasteiger partial charge on any atom is -0.365 e. The lowest BCUT2D eigenvalue weighted by Crippen LogP contribution is -2.35. The number of hydrogen-bond donors (Lipinski definition) is 1.